The van der Waals surface area contributed by atoms with Crippen molar-refractivity contribution in [1.82, 2.24) is 4.98 Å². The number of benzene rings is 2. The van der Waals surface area contributed by atoms with Crippen LogP contribution in [0.15, 0.2) is 45.6 Å². The Hall–Kier alpha value is -2.78. The number of para-hydroxylation sites is 2. The lowest BCUT2D eigenvalue weighted by molar-refractivity contribution is -0.299. The maximum atomic E-state index is 12.7. The van der Waals surface area contributed by atoms with Gasteiger partial charge in [0, 0.05) is 12.1 Å². The zero-order valence-electron chi connectivity index (χ0n) is 12.0. The summed E-state index contributed by atoms with van der Waals surface area (Å²) in [4.78, 5) is 15.5. The van der Waals surface area contributed by atoms with Gasteiger partial charge in [0.1, 0.15) is 11.2 Å². The first-order valence-corrected chi connectivity index (χ1v) is 6.69. The Balaban J connectivity index is 2.18. The summed E-state index contributed by atoms with van der Waals surface area (Å²) in [6, 6.07) is 7.46. The standard InChI is InChI=1S/C15H7F6NO3/c16-14(17,18)13(15(19,20)21)25-11-6-7(23)5-10-12(11)22-8-3-1-2-4-9(8)24-10/h1-6,13H. The molecule has 1 aromatic carbocycles. The molecule has 1 heterocycles. The van der Waals surface area contributed by atoms with E-state index in [1.807, 2.05) is 0 Å². The third kappa shape index (κ3) is 3.37. The number of rotatable bonds is 2. The summed E-state index contributed by atoms with van der Waals surface area (Å²) in [5.74, 6) is -1.25. The second-order valence-electron chi connectivity index (χ2n) is 5.03. The third-order valence-corrected chi connectivity index (χ3v) is 3.17. The summed E-state index contributed by atoms with van der Waals surface area (Å²) >= 11 is 0. The van der Waals surface area contributed by atoms with Crippen molar-refractivity contribution in [1.29, 1.82) is 0 Å². The fourth-order valence-corrected chi connectivity index (χ4v) is 2.16. The Kier molecular flexibility index (Phi) is 3.85. The molecule has 0 fully saturated rings. The minimum atomic E-state index is -5.72. The van der Waals surface area contributed by atoms with Crippen molar-refractivity contribution in [2.24, 2.45) is 0 Å². The predicted molar refractivity (Wildman–Crippen MR) is 73.4 cm³/mol. The average Bonchev–Trinajstić information content (AvgIpc) is 2.48. The molecule has 0 unspecified atom stereocenters. The van der Waals surface area contributed by atoms with Crippen molar-refractivity contribution in [3.63, 3.8) is 0 Å². The summed E-state index contributed by atoms with van der Waals surface area (Å²) in [5, 5.41) is 0. The maximum absolute atomic E-state index is 12.7. The first kappa shape index (κ1) is 17.1. The van der Waals surface area contributed by atoms with Crippen LogP contribution in [0, 0.1) is 0 Å². The van der Waals surface area contributed by atoms with Gasteiger partial charge in [0.05, 0.1) is 0 Å². The topological polar surface area (TPSA) is 52.3 Å². The van der Waals surface area contributed by atoms with E-state index in [0.717, 1.165) is 6.07 Å². The lowest BCUT2D eigenvalue weighted by Gasteiger charge is -2.24. The molecule has 0 aromatic heterocycles. The lowest BCUT2D eigenvalue weighted by atomic mass is 10.2. The van der Waals surface area contributed by atoms with Crippen LogP contribution in [0.4, 0.5) is 26.3 Å². The molecule has 25 heavy (non-hydrogen) atoms. The largest absolute Gasteiger partial charge is 0.469 e. The molecule has 2 aliphatic rings. The van der Waals surface area contributed by atoms with Gasteiger partial charge in [0.2, 0.25) is 0 Å². The van der Waals surface area contributed by atoms with Crippen LogP contribution in [-0.4, -0.2) is 23.4 Å². The van der Waals surface area contributed by atoms with Crippen molar-refractivity contribution < 1.29 is 35.5 Å². The highest BCUT2D eigenvalue weighted by Crippen LogP contribution is 2.39. The van der Waals surface area contributed by atoms with Crippen molar-refractivity contribution >= 4 is 11.1 Å². The van der Waals surface area contributed by atoms with Gasteiger partial charge < -0.3 is 9.15 Å². The number of alkyl halides is 6. The summed E-state index contributed by atoms with van der Waals surface area (Å²) < 4.78 is 85.6. The Labute approximate surface area is 135 Å². The molecule has 3 rings (SSSR count). The van der Waals surface area contributed by atoms with Crippen molar-refractivity contribution in [3.05, 3.63) is 46.6 Å². The van der Waals surface area contributed by atoms with E-state index in [4.69, 9.17) is 4.42 Å². The molecule has 10 heteroatoms. The van der Waals surface area contributed by atoms with E-state index in [2.05, 4.69) is 9.72 Å². The SMILES string of the molecule is O=c1cc2oc3ccccc3nc-2c(OC(C(F)(F)F)C(F)(F)F)c1. The molecule has 4 nitrogen and oxygen atoms in total. The van der Waals surface area contributed by atoms with Crippen LogP contribution in [0.2, 0.25) is 0 Å². The fourth-order valence-electron chi connectivity index (χ4n) is 2.16. The maximum Gasteiger partial charge on any atom is 0.434 e. The molecule has 1 aromatic rings. The molecule has 1 aliphatic heterocycles. The fraction of sp³-hybridized carbons (Fsp3) is 0.200. The quantitative estimate of drug-likeness (QED) is 0.507. The Bertz CT molecular complexity index is 932. The Morgan fingerprint density at radius 3 is 2.28 bits per heavy atom. The predicted octanol–water partition coefficient (Wildman–Crippen LogP) is 4.16. The second-order valence-corrected chi connectivity index (χ2v) is 5.03. The summed E-state index contributed by atoms with van der Waals surface area (Å²) in [7, 11) is 0. The van der Waals surface area contributed by atoms with Gasteiger partial charge in [-0.25, -0.2) is 4.98 Å². The van der Waals surface area contributed by atoms with Crippen molar-refractivity contribution in [3.8, 4) is 17.2 Å². The zero-order valence-corrected chi connectivity index (χ0v) is 12.0. The number of fused-ring (bicyclic) bond motifs is 2. The van der Waals surface area contributed by atoms with Crippen LogP contribution < -0.4 is 10.2 Å². The van der Waals surface area contributed by atoms with Crippen LogP contribution in [0.25, 0.3) is 22.6 Å². The van der Waals surface area contributed by atoms with Gasteiger partial charge >= 0.3 is 12.4 Å². The molecule has 0 amide bonds. The van der Waals surface area contributed by atoms with Gasteiger partial charge in [-0.3, -0.25) is 4.79 Å². The molecule has 0 N–H and O–H groups in total. The number of hydrogen-bond donors (Lipinski definition) is 0. The molecule has 0 radical (unpaired) electrons. The van der Waals surface area contributed by atoms with Crippen LogP contribution in [0.3, 0.4) is 0 Å². The highest BCUT2D eigenvalue weighted by Gasteiger charge is 2.59. The van der Waals surface area contributed by atoms with Gasteiger partial charge in [-0.05, 0) is 12.1 Å². The summed E-state index contributed by atoms with van der Waals surface area (Å²) in [6.07, 6.45) is -15.5. The van der Waals surface area contributed by atoms with Gasteiger partial charge in [-0.1, -0.05) is 12.1 Å². The summed E-state index contributed by atoms with van der Waals surface area (Å²) in [6.45, 7) is 0. The Morgan fingerprint density at radius 1 is 1.00 bits per heavy atom. The molecule has 0 spiro atoms. The van der Waals surface area contributed by atoms with Crippen LogP contribution in [0.1, 0.15) is 0 Å². The lowest BCUT2D eigenvalue weighted by Crippen LogP contribution is -2.46. The van der Waals surface area contributed by atoms with Gasteiger partial charge in [-0.15, -0.1) is 0 Å². The number of halogens is 6. The molecule has 0 saturated heterocycles. The van der Waals surface area contributed by atoms with E-state index < -0.39 is 35.3 Å². The molecule has 0 bridgehead atoms. The first-order valence-electron chi connectivity index (χ1n) is 6.69. The number of nitrogens with zero attached hydrogens (tertiary/aromatic N) is 1. The minimum Gasteiger partial charge on any atom is -0.469 e. The average molecular weight is 363 g/mol. The van der Waals surface area contributed by atoms with Gasteiger partial charge in [0.25, 0.3) is 6.10 Å². The van der Waals surface area contributed by atoms with Gasteiger partial charge in [0.15, 0.2) is 22.5 Å². The molecule has 132 valence electrons. The molecule has 1 aliphatic carbocycles. The van der Waals surface area contributed by atoms with E-state index in [9.17, 15) is 31.1 Å². The smallest absolute Gasteiger partial charge is 0.434 e. The normalized spacial score (nSPS) is 12.9. The molecule has 0 atom stereocenters. The third-order valence-electron chi connectivity index (χ3n) is 3.17. The minimum absolute atomic E-state index is 0.175. The zero-order chi connectivity index (χ0) is 18.4. The van der Waals surface area contributed by atoms with Crippen molar-refractivity contribution in [2.45, 2.75) is 18.5 Å². The highest BCUT2D eigenvalue weighted by atomic mass is 19.4. The first-order chi connectivity index (χ1) is 11.6. The van der Waals surface area contributed by atoms with E-state index in [1.54, 1.807) is 12.1 Å². The monoisotopic (exact) mass is 363 g/mol. The number of ether oxygens (including phenoxy) is 1. The second kappa shape index (κ2) is 5.64. The van der Waals surface area contributed by atoms with E-state index in [1.165, 1.54) is 12.1 Å². The van der Waals surface area contributed by atoms with Gasteiger partial charge in [-0.2, -0.15) is 26.3 Å². The van der Waals surface area contributed by atoms with E-state index in [0.29, 0.717) is 6.07 Å². The Morgan fingerprint density at radius 2 is 1.64 bits per heavy atom. The van der Waals surface area contributed by atoms with Crippen LogP contribution in [0.5, 0.6) is 5.75 Å². The molecular formula is C15H7F6NO3. The van der Waals surface area contributed by atoms with E-state index in [-0.39, 0.29) is 16.9 Å². The number of hydrogen-bond acceptors (Lipinski definition) is 4. The van der Waals surface area contributed by atoms with Crippen molar-refractivity contribution in [2.75, 3.05) is 0 Å². The molecule has 0 saturated carbocycles. The van der Waals surface area contributed by atoms with Crippen LogP contribution >= 0.6 is 0 Å². The van der Waals surface area contributed by atoms with E-state index >= 15 is 0 Å². The van der Waals surface area contributed by atoms with Crippen LogP contribution in [-0.2, 0) is 0 Å². The highest BCUT2D eigenvalue weighted by molar-refractivity contribution is 5.77. The molecular weight excluding hydrogens is 356 g/mol. The number of aromatic nitrogens is 1. The summed E-state index contributed by atoms with van der Waals surface area (Å²) in [5.41, 5.74) is -0.924.